The molecule has 2 aromatic rings. The van der Waals surface area contributed by atoms with Crippen molar-refractivity contribution in [2.24, 2.45) is 0 Å². The molecule has 0 aliphatic rings. The minimum Gasteiger partial charge on any atom is -0.489 e. The number of benzene rings is 2. The molecule has 0 amide bonds. The van der Waals surface area contributed by atoms with Crippen molar-refractivity contribution in [2.75, 3.05) is 0 Å². The Hall–Kier alpha value is -2.43. The summed E-state index contributed by atoms with van der Waals surface area (Å²) >= 11 is 0. The second-order valence-electron chi connectivity index (χ2n) is 4.49. The molecule has 0 fully saturated rings. The van der Waals surface area contributed by atoms with E-state index in [1.807, 2.05) is 26.0 Å². The minimum atomic E-state index is -0.845. The quantitative estimate of drug-likeness (QED) is 0.627. The van der Waals surface area contributed by atoms with Crippen LogP contribution in [0.5, 0.6) is 5.75 Å². The lowest BCUT2D eigenvalue weighted by Crippen LogP contribution is -2.02. The fourth-order valence-electron chi connectivity index (χ4n) is 1.85. The van der Waals surface area contributed by atoms with Crippen LogP contribution >= 0.6 is 0 Å². The largest absolute Gasteiger partial charge is 0.489 e. The van der Waals surface area contributed by atoms with Crippen molar-refractivity contribution in [1.82, 2.24) is 0 Å². The van der Waals surface area contributed by atoms with Crippen molar-refractivity contribution in [3.05, 3.63) is 69.0 Å². The Labute approximate surface area is 116 Å². The zero-order valence-corrected chi connectivity index (χ0v) is 11.2. The van der Waals surface area contributed by atoms with Crippen LogP contribution in [0.3, 0.4) is 0 Å². The summed E-state index contributed by atoms with van der Waals surface area (Å²) in [6.45, 7) is 3.82. The van der Waals surface area contributed by atoms with Gasteiger partial charge in [0.25, 0.3) is 0 Å². The second kappa shape index (κ2) is 5.69. The van der Waals surface area contributed by atoms with Crippen molar-refractivity contribution in [3.63, 3.8) is 0 Å². The van der Waals surface area contributed by atoms with E-state index in [1.54, 1.807) is 6.07 Å². The van der Waals surface area contributed by atoms with Gasteiger partial charge in [-0.3, -0.25) is 10.1 Å². The fraction of sp³-hybridized carbons (Fsp3) is 0.200. The number of halogens is 1. The number of aryl methyl sites for hydroxylation is 1. The lowest BCUT2D eigenvalue weighted by molar-refractivity contribution is -0.387. The third kappa shape index (κ3) is 2.77. The summed E-state index contributed by atoms with van der Waals surface area (Å²) in [4.78, 5) is 9.93. The Morgan fingerprint density at radius 2 is 1.90 bits per heavy atom. The molecule has 20 heavy (non-hydrogen) atoms. The van der Waals surface area contributed by atoms with Crippen LogP contribution in [0.2, 0.25) is 0 Å². The molecular formula is C15H14FNO3. The molecule has 0 aliphatic carbocycles. The van der Waals surface area contributed by atoms with Crippen molar-refractivity contribution in [2.45, 2.75) is 20.5 Å². The Morgan fingerprint density at radius 3 is 2.60 bits per heavy atom. The summed E-state index contributed by atoms with van der Waals surface area (Å²) in [6.07, 6.45) is 0. The van der Waals surface area contributed by atoms with Gasteiger partial charge in [-0.15, -0.1) is 0 Å². The summed E-state index contributed by atoms with van der Waals surface area (Å²) in [5, 5.41) is 10.7. The number of hydrogen-bond donors (Lipinski definition) is 0. The molecule has 0 bridgehead atoms. The highest BCUT2D eigenvalue weighted by atomic mass is 19.1. The number of nitro benzene ring substituents is 1. The zero-order chi connectivity index (χ0) is 14.7. The molecule has 0 radical (unpaired) electrons. The standard InChI is InChI=1S/C15H14FNO3/c1-10-5-3-8-14(11(10)2)20-9-12-6-4-7-13(15(12)16)17(18)19/h3-8H,9H2,1-2H3. The molecular weight excluding hydrogens is 261 g/mol. The Balaban J connectivity index is 2.21. The van der Waals surface area contributed by atoms with Crippen LogP contribution < -0.4 is 4.74 Å². The van der Waals surface area contributed by atoms with E-state index >= 15 is 0 Å². The number of nitrogens with zero attached hydrogens (tertiary/aromatic N) is 1. The van der Waals surface area contributed by atoms with Gasteiger partial charge in [-0.05, 0) is 31.0 Å². The maximum Gasteiger partial charge on any atom is 0.305 e. The maximum absolute atomic E-state index is 13.9. The van der Waals surface area contributed by atoms with E-state index in [0.717, 1.165) is 17.2 Å². The van der Waals surface area contributed by atoms with Gasteiger partial charge in [0.05, 0.1) is 4.92 Å². The predicted molar refractivity (Wildman–Crippen MR) is 73.3 cm³/mol. The average Bonchev–Trinajstić information content (AvgIpc) is 2.41. The molecule has 5 heteroatoms. The van der Waals surface area contributed by atoms with E-state index in [-0.39, 0.29) is 12.2 Å². The van der Waals surface area contributed by atoms with Gasteiger partial charge < -0.3 is 4.74 Å². The summed E-state index contributed by atoms with van der Waals surface area (Å²) in [7, 11) is 0. The Morgan fingerprint density at radius 1 is 1.20 bits per heavy atom. The maximum atomic E-state index is 13.9. The van der Waals surface area contributed by atoms with Gasteiger partial charge in [-0.1, -0.05) is 24.3 Å². The van der Waals surface area contributed by atoms with E-state index in [2.05, 4.69) is 0 Å². The summed E-state index contributed by atoms with van der Waals surface area (Å²) in [5.74, 6) is -0.196. The normalized spacial score (nSPS) is 10.3. The van der Waals surface area contributed by atoms with Gasteiger partial charge in [0, 0.05) is 11.6 Å². The van der Waals surface area contributed by atoms with E-state index < -0.39 is 16.4 Å². The van der Waals surface area contributed by atoms with Gasteiger partial charge in [0.1, 0.15) is 12.4 Å². The van der Waals surface area contributed by atoms with E-state index in [4.69, 9.17) is 4.74 Å². The van der Waals surface area contributed by atoms with Crippen LogP contribution in [-0.4, -0.2) is 4.92 Å². The number of ether oxygens (including phenoxy) is 1. The minimum absolute atomic E-state index is 0.0438. The molecule has 0 aliphatic heterocycles. The van der Waals surface area contributed by atoms with Gasteiger partial charge in [-0.2, -0.15) is 4.39 Å². The van der Waals surface area contributed by atoms with E-state index in [0.29, 0.717) is 5.75 Å². The van der Waals surface area contributed by atoms with Crippen molar-refractivity contribution in [1.29, 1.82) is 0 Å². The summed E-state index contributed by atoms with van der Waals surface area (Å²) in [5.41, 5.74) is 1.67. The summed E-state index contributed by atoms with van der Waals surface area (Å²) < 4.78 is 19.4. The highest BCUT2D eigenvalue weighted by molar-refractivity contribution is 5.39. The van der Waals surface area contributed by atoms with Crippen molar-refractivity contribution >= 4 is 5.69 Å². The van der Waals surface area contributed by atoms with Gasteiger partial charge in [0.15, 0.2) is 0 Å². The molecule has 4 nitrogen and oxygen atoms in total. The van der Waals surface area contributed by atoms with E-state index in [1.165, 1.54) is 12.1 Å². The molecule has 0 saturated heterocycles. The number of hydrogen-bond acceptors (Lipinski definition) is 3. The van der Waals surface area contributed by atoms with Gasteiger partial charge >= 0.3 is 5.69 Å². The first-order valence-electron chi connectivity index (χ1n) is 6.11. The molecule has 2 rings (SSSR count). The first-order chi connectivity index (χ1) is 9.50. The second-order valence-corrected chi connectivity index (χ2v) is 4.49. The molecule has 2 aromatic carbocycles. The molecule has 0 heterocycles. The molecule has 0 saturated carbocycles. The first kappa shape index (κ1) is 14.0. The highest BCUT2D eigenvalue weighted by Gasteiger charge is 2.17. The molecule has 0 N–H and O–H groups in total. The lowest BCUT2D eigenvalue weighted by Gasteiger charge is -2.11. The Kier molecular flexibility index (Phi) is 3.98. The molecule has 0 spiro atoms. The predicted octanol–water partition coefficient (Wildman–Crippen LogP) is 3.93. The lowest BCUT2D eigenvalue weighted by atomic mass is 10.1. The van der Waals surface area contributed by atoms with Crippen molar-refractivity contribution in [3.8, 4) is 5.75 Å². The molecule has 104 valence electrons. The third-order valence-electron chi connectivity index (χ3n) is 3.19. The van der Waals surface area contributed by atoms with Crippen LogP contribution in [0, 0.1) is 29.8 Å². The monoisotopic (exact) mass is 275 g/mol. The van der Waals surface area contributed by atoms with Crippen LogP contribution in [0.15, 0.2) is 36.4 Å². The number of rotatable bonds is 4. The SMILES string of the molecule is Cc1cccc(OCc2cccc([N+](=O)[O-])c2F)c1C. The molecule has 0 atom stereocenters. The van der Waals surface area contributed by atoms with Crippen LogP contribution in [0.1, 0.15) is 16.7 Å². The topological polar surface area (TPSA) is 52.4 Å². The van der Waals surface area contributed by atoms with Crippen LogP contribution in [0.25, 0.3) is 0 Å². The smallest absolute Gasteiger partial charge is 0.305 e. The van der Waals surface area contributed by atoms with Crippen molar-refractivity contribution < 1.29 is 14.1 Å². The van der Waals surface area contributed by atoms with Crippen LogP contribution in [0.4, 0.5) is 10.1 Å². The zero-order valence-electron chi connectivity index (χ0n) is 11.2. The third-order valence-corrected chi connectivity index (χ3v) is 3.19. The Bertz CT molecular complexity index is 656. The average molecular weight is 275 g/mol. The van der Waals surface area contributed by atoms with E-state index in [9.17, 15) is 14.5 Å². The summed E-state index contributed by atoms with van der Waals surface area (Å²) in [6, 6.07) is 9.66. The van der Waals surface area contributed by atoms with Crippen LogP contribution in [-0.2, 0) is 6.61 Å². The molecule has 0 unspecified atom stereocenters. The molecule has 0 aromatic heterocycles. The van der Waals surface area contributed by atoms with Gasteiger partial charge in [0.2, 0.25) is 5.82 Å². The first-order valence-corrected chi connectivity index (χ1v) is 6.11. The fourth-order valence-corrected chi connectivity index (χ4v) is 1.85. The number of nitro groups is 1. The van der Waals surface area contributed by atoms with Gasteiger partial charge in [-0.25, -0.2) is 0 Å². The highest BCUT2D eigenvalue weighted by Crippen LogP contribution is 2.24.